The molecule has 1 heterocycles. The van der Waals surface area contributed by atoms with E-state index < -0.39 is 22.0 Å². The topological polar surface area (TPSA) is 104 Å². The molecule has 35 heavy (non-hydrogen) atoms. The summed E-state index contributed by atoms with van der Waals surface area (Å²) in [5.74, 6) is -1.08. The van der Waals surface area contributed by atoms with Crippen molar-refractivity contribution in [2.24, 2.45) is 0 Å². The molecular formula is C26H33N3O5S. The van der Waals surface area contributed by atoms with Crippen LogP contribution in [0.3, 0.4) is 0 Å². The maximum Gasteiger partial charge on any atom is 0.269 e. The Morgan fingerprint density at radius 1 is 1.09 bits per heavy atom. The van der Waals surface area contributed by atoms with Crippen LogP contribution in [0.2, 0.25) is 0 Å². The fraction of sp³-hybridized carbons (Fsp3) is 0.423. The highest BCUT2D eigenvalue weighted by Crippen LogP contribution is 2.30. The Morgan fingerprint density at radius 3 is 2.51 bits per heavy atom. The monoisotopic (exact) mass is 499 g/mol. The Morgan fingerprint density at radius 2 is 1.83 bits per heavy atom. The fourth-order valence-electron chi connectivity index (χ4n) is 4.10. The number of unbranched alkanes of at least 4 members (excludes halogenated alkanes) is 1. The van der Waals surface area contributed by atoms with E-state index in [-0.39, 0.29) is 48.2 Å². The molecule has 0 aliphatic carbocycles. The van der Waals surface area contributed by atoms with Crippen LogP contribution in [0.5, 0.6) is 0 Å². The van der Waals surface area contributed by atoms with Crippen LogP contribution in [-0.2, 0) is 26.2 Å². The van der Waals surface area contributed by atoms with Crippen molar-refractivity contribution in [1.29, 1.82) is 0 Å². The van der Waals surface area contributed by atoms with Crippen LogP contribution < -0.4 is 5.32 Å². The van der Waals surface area contributed by atoms with Crippen molar-refractivity contribution >= 4 is 27.7 Å². The van der Waals surface area contributed by atoms with Crippen LogP contribution in [0.15, 0.2) is 53.4 Å². The zero-order chi connectivity index (χ0) is 25.6. The van der Waals surface area contributed by atoms with E-state index in [2.05, 4.69) is 5.32 Å². The van der Waals surface area contributed by atoms with Gasteiger partial charge in [-0.3, -0.25) is 14.4 Å². The maximum absolute atomic E-state index is 13.2. The zero-order valence-electron chi connectivity index (χ0n) is 20.5. The normalized spacial score (nSPS) is 14.9. The summed E-state index contributed by atoms with van der Waals surface area (Å²) >= 11 is 0. The van der Waals surface area contributed by atoms with Crippen LogP contribution in [-0.4, -0.2) is 54.5 Å². The molecule has 0 bridgehead atoms. The molecule has 2 aromatic rings. The maximum atomic E-state index is 13.2. The van der Waals surface area contributed by atoms with E-state index in [1.165, 1.54) is 17.0 Å². The lowest BCUT2D eigenvalue weighted by Gasteiger charge is -2.29. The van der Waals surface area contributed by atoms with Gasteiger partial charge in [-0.05, 0) is 44.4 Å². The molecule has 0 saturated carbocycles. The number of hydrogen-bond donors (Lipinski definition) is 1. The van der Waals surface area contributed by atoms with E-state index in [4.69, 9.17) is 0 Å². The Bertz CT molecular complexity index is 1190. The molecule has 0 aromatic heterocycles. The third kappa shape index (κ3) is 6.08. The predicted octanol–water partition coefficient (Wildman–Crippen LogP) is 3.25. The van der Waals surface area contributed by atoms with Gasteiger partial charge in [0.15, 0.2) is 0 Å². The highest BCUT2D eigenvalue weighted by molar-refractivity contribution is 7.90. The van der Waals surface area contributed by atoms with Gasteiger partial charge in [-0.1, -0.05) is 55.3 Å². The lowest BCUT2D eigenvalue weighted by molar-refractivity contribution is -0.140. The smallest absolute Gasteiger partial charge is 0.269 e. The van der Waals surface area contributed by atoms with Crippen LogP contribution >= 0.6 is 0 Å². The molecule has 2 aromatic carbocycles. The van der Waals surface area contributed by atoms with E-state index in [0.29, 0.717) is 6.54 Å². The quantitative estimate of drug-likeness (QED) is 0.478. The van der Waals surface area contributed by atoms with Gasteiger partial charge in [-0.25, -0.2) is 12.7 Å². The standard InChI is InChI=1S/C26H33N3O5S/c1-4-5-15-27-25(31)20(3)28(18-21-11-8-10-19(2)17-21)24(30)14-9-16-29-26(32)22-12-6-7-13-23(22)35(29,33)34/h6-8,10-13,17,20H,4-5,9,14-16,18H2,1-3H3,(H,27,31). The molecule has 0 spiro atoms. The van der Waals surface area contributed by atoms with Crippen LogP contribution in [0.1, 0.15) is 61.0 Å². The van der Waals surface area contributed by atoms with Crippen molar-refractivity contribution < 1.29 is 22.8 Å². The highest BCUT2D eigenvalue weighted by Gasteiger charge is 2.40. The first kappa shape index (κ1) is 26.4. The highest BCUT2D eigenvalue weighted by atomic mass is 32.2. The Kier molecular flexibility index (Phi) is 8.67. The number of nitrogens with one attached hydrogen (secondary N) is 1. The van der Waals surface area contributed by atoms with Crippen molar-refractivity contribution in [2.45, 2.75) is 63.9 Å². The third-order valence-electron chi connectivity index (χ3n) is 6.10. The number of rotatable bonds is 11. The van der Waals surface area contributed by atoms with Crippen molar-refractivity contribution in [3.8, 4) is 0 Å². The van der Waals surface area contributed by atoms with Gasteiger partial charge in [0.05, 0.1) is 5.56 Å². The molecule has 1 N–H and O–H groups in total. The average molecular weight is 500 g/mol. The minimum atomic E-state index is -3.91. The number of fused-ring (bicyclic) bond motifs is 1. The van der Waals surface area contributed by atoms with Gasteiger partial charge in [0.1, 0.15) is 10.9 Å². The summed E-state index contributed by atoms with van der Waals surface area (Å²) in [7, 11) is -3.91. The SMILES string of the molecule is CCCCNC(=O)C(C)N(Cc1cccc(C)c1)C(=O)CCCN1C(=O)c2ccccc2S1(=O)=O. The molecular weight excluding hydrogens is 466 g/mol. The minimum Gasteiger partial charge on any atom is -0.354 e. The number of amides is 3. The zero-order valence-corrected chi connectivity index (χ0v) is 21.3. The second-order valence-electron chi connectivity index (χ2n) is 8.81. The average Bonchev–Trinajstić information content (AvgIpc) is 3.02. The first-order chi connectivity index (χ1) is 16.7. The number of benzene rings is 2. The molecule has 8 nitrogen and oxygen atoms in total. The van der Waals surface area contributed by atoms with Gasteiger partial charge in [-0.2, -0.15) is 0 Å². The molecule has 1 aliphatic heterocycles. The number of carbonyl (C=O) groups is 3. The molecule has 0 saturated heterocycles. The summed E-state index contributed by atoms with van der Waals surface area (Å²) in [5.41, 5.74) is 2.10. The Hall–Kier alpha value is -3.20. The largest absolute Gasteiger partial charge is 0.354 e. The van der Waals surface area contributed by atoms with E-state index in [0.717, 1.165) is 28.3 Å². The lowest BCUT2D eigenvalue weighted by atomic mass is 10.1. The molecule has 9 heteroatoms. The van der Waals surface area contributed by atoms with Gasteiger partial charge in [0.2, 0.25) is 11.8 Å². The molecule has 0 radical (unpaired) electrons. The van der Waals surface area contributed by atoms with Gasteiger partial charge < -0.3 is 10.2 Å². The first-order valence-corrected chi connectivity index (χ1v) is 13.4. The lowest BCUT2D eigenvalue weighted by Crippen LogP contribution is -2.48. The summed E-state index contributed by atoms with van der Waals surface area (Å²) in [6.07, 6.45) is 1.97. The molecule has 3 amide bonds. The van der Waals surface area contributed by atoms with E-state index in [1.807, 2.05) is 38.1 Å². The number of hydrogen-bond acceptors (Lipinski definition) is 5. The second kappa shape index (κ2) is 11.5. The number of sulfonamides is 1. The van der Waals surface area contributed by atoms with Crippen molar-refractivity contribution in [3.63, 3.8) is 0 Å². The van der Waals surface area contributed by atoms with Gasteiger partial charge in [0.25, 0.3) is 15.9 Å². The fourth-order valence-corrected chi connectivity index (χ4v) is 5.70. The van der Waals surface area contributed by atoms with Crippen LogP contribution in [0, 0.1) is 6.92 Å². The number of aryl methyl sites for hydroxylation is 1. The predicted molar refractivity (Wildman–Crippen MR) is 133 cm³/mol. The summed E-state index contributed by atoms with van der Waals surface area (Å²) in [5, 5.41) is 2.88. The molecule has 1 unspecified atom stereocenters. The van der Waals surface area contributed by atoms with Gasteiger partial charge in [-0.15, -0.1) is 0 Å². The molecule has 3 rings (SSSR count). The van der Waals surface area contributed by atoms with E-state index in [1.54, 1.807) is 19.1 Å². The number of nitrogens with zero attached hydrogens (tertiary/aromatic N) is 2. The van der Waals surface area contributed by atoms with Crippen LogP contribution in [0.25, 0.3) is 0 Å². The Balaban J connectivity index is 1.69. The third-order valence-corrected chi connectivity index (χ3v) is 7.94. The van der Waals surface area contributed by atoms with Crippen molar-refractivity contribution in [1.82, 2.24) is 14.5 Å². The Labute approximate surface area is 207 Å². The molecule has 0 fully saturated rings. The van der Waals surface area contributed by atoms with Crippen molar-refractivity contribution in [2.75, 3.05) is 13.1 Å². The minimum absolute atomic E-state index is 0.00484. The van der Waals surface area contributed by atoms with E-state index >= 15 is 0 Å². The molecule has 1 aliphatic rings. The molecule has 1 atom stereocenters. The number of carbonyl (C=O) groups excluding carboxylic acids is 3. The second-order valence-corrected chi connectivity index (χ2v) is 10.6. The summed E-state index contributed by atoms with van der Waals surface area (Å²) < 4.78 is 26.3. The van der Waals surface area contributed by atoms with Gasteiger partial charge >= 0.3 is 0 Å². The van der Waals surface area contributed by atoms with Crippen LogP contribution in [0.4, 0.5) is 0 Å². The molecule has 188 valence electrons. The van der Waals surface area contributed by atoms with Gasteiger partial charge in [0, 0.05) is 26.1 Å². The van der Waals surface area contributed by atoms with E-state index in [9.17, 15) is 22.8 Å². The summed E-state index contributed by atoms with van der Waals surface area (Å²) in [4.78, 5) is 40.1. The summed E-state index contributed by atoms with van der Waals surface area (Å²) in [6.45, 7) is 6.39. The first-order valence-electron chi connectivity index (χ1n) is 12.0. The van der Waals surface area contributed by atoms with Crippen molar-refractivity contribution in [3.05, 3.63) is 65.2 Å². The summed E-state index contributed by atoms with van der Waals surface area (Å²) in [6, 6.07) is 13.1.